The number of morpholine rings is 1. The van der Waals surface area contributed by atoms with Crippen molar-refractivity contribution < 1.29 is 9.15 Å². The molecule has 0 aliphatic carbocycles. The third-order valence-electron chi connectivity index (χ3n) is 3.11. The van der Waals surface area contributed by atoms with Gasteiger partial charge in [-0.1, -0.05) is 0 Å². The van der Waals surface area contributed by atoms with Gasteiger partial charge in [-0.2, -0.15) is 0 Å². The van der Waals surface area contributed by atoms with E-state index in [9.17, 15) is 0 Å². The second-order valence-corrected chi connectivity index (χ2v) is 6.68. The molecule has 1 aliphatic heterocycles. The fourth-order valence-electron chi connectivity index (χ4n) is 2.29. The summed E-state index contributed by atoms with van der Waals surface area (Å²) in [5, 5.41) is 0. The molecule has 1 fully saturated rings. The maximum atomic E-state index is 5.91. The molecule has 1 aromatic rings. The molecule has 2 rings (SSSR count). The summed E-state index contributed by atoms with van der Waals surface area (Å²) >= 11 is 6.80. The SMILES string of the molecule is CC1(C)CN(C(CN)c2cc(Br)c(Br)o2)CCO1. The highest BCUT2D eigenvalue weighted by molar-refractivity contribution is 9.13. The number of nitrogens with two attached hydrogens (primary N) is 1. The summed E-state index contributed by atoms with van der Waals surface area (Å²) in [7, 11) is 0. The Labute approximate surface area is 124 Å². The van der Waals surface area contributed by atoms with Crippen LogP contribution in [0.1, 0.15) is 25.6 Å². The first-order chi connectivity index (χ1) is 8.43. The van der Waals surface area contributed by atoms with Crippen LogP contribution in [0, 0.1) is 0 Å². The molecule has 0 spiro atoms. The molecule has 0 bridgehead atoms. The molecular formula is C12H18Br2N2O2. The van der Waals surface area contributed by atoms with Crippen molar-refractivity contribution in [1.82, 2.24) is 4.90 Å². The Bertz CT molecular complexity index is 401. The molecule has 1 atom stereocenters. The fraction of sp³-hybridized carbons (Fsp3) is 0.667. The van der Waals surface area contributed by atoms with E-state index in [1.807, 2.05) is 6.07 Å². The first-order valence-corrected chi connectivity index (χ1v) is 7.54. The van der Waals surface area contributed by atoms with Crippen molar-refractivity contribution in [1.29, 1.82) is 0 Å². The van der Waals surface area contributed by atoms with E-state index in [2.05, 4.69) is 50.6 Å². The zero-order chi connectivity index (χ0) is 13.3. The van der Waals surface area contributed by atoms with Gasteiger partial charge in [-0.15, -0.1) is 0 Å². The summed E-state index contributed by atoms with van der Waals surface area (Å²) in [6.45, 7) is 7.18. The smallest absolute Gasteiger partial charge is 0.183 e. The summed E-state index contributed by atoms with van der Waals surface area (Å²) in [4.78, 5) is 2.32. The molecule has 1 aromatic heterocycles. The van der Waals surface area contributed by atoms with E-state index < -0.39 is 0 Å². The second-order valence-electron chi connectivity index (χ2n) is 5.10. The van der Waals surface area contributed by atoms with Crippen molar-refractivity contribution in [3.63, 3.8) is 0 Å². The fourth-order valence-corrected chi connectivity index (χ4v) is 2.90. The lowest BCUT2D eigenvalue weighted by Gasteiger charge is -2.41. The Kier molecular flexibility index (Phi) is 4.54. The van der Waals surface area contributed by atoms with Crippen molar-refractivity contribution >= 4 is 31.9 Å². The average Bonchev–Trinajstić information content (AvgIpc) is 2.58. The Morgan fingerprint density at radius 2 is 2.22 bits per heavy atom. The van der Waals surface area contributed by atoms with Crippen LogP contribution in [0.15, 0.2) is 19.6 Å². The maximum Gasteiger partial charge on any atom is 0.183 e. The molecule has 1 aliphatic rings. The quantitative estimate of drug-likeness (QED) is 0.874. The number of hydrogen-bond acceptors (Lipinski definition) is 4. The number of furan rings is 1. The van der Waals surface area contributed by atoms with Gasteiger partial charge in [-0.3, -0.25) is 4.90 Å². The Morgan fingerprint density at radius 3 is 2.72 bits per heavy atom. The second kappa shape index (κ2) is 5.63. The van der Waals surface area contributed by atoms with Crippen LogP contribution in [0.25, 0.3) is 0 Å². The third-order valence-corrected chi connectivity index (χ3v) is 4.82. The van der Waals surface area contributed by atoms with Crippen LogP contribution in [0.2, 0.25) is 0 Å². The van der Waals surface area contributed by atoms with Gasteiger partial charge in [-0.25, -0.2) is 0 Å². The van der Waals surface area contributed by atoms with Gasteiger partial charge >= 0.3 is 0 Å². The zero-order valence-electron chi connectivity index (χ0n) is 10.6. The minimum absolute atomic E-state index is 0.0933. The van der Waals surface area contributed by atoms with Crippen LogP contribution in [-0.4, -0.2) is 36.7 Å². The number of halogens is 2. The van der Waals surface area contributed by atoms with E-state index in [1.165, 1.54) is 0 Å². The van der Waals surface area contributed by atoms with Crippen LogP contribution >= 0.6 is 31.9 Å². The molecule has 2 heterocycles. The van der Waals surface area contributed by atoms with Crippen LogP contribution in [0.5, 0.6) is 0 Å². The Hall–Kier alpha value is 0.120. The molecule has 18 heavy (non-hydrogen) atoms. The lowest BCUT2D eigenvalue weighted by Crippen LogP contribution is -2.50. The van der Waals surface area contributed by atoms with E-state index in [0.717, 1.165) is 29.9 Å². The number of nitrogens with zero attached hydrogens (tertiary/aromatic N) is 1. The molecule has 6 heteroatoms. The number of ether oxygens (including phenoxy) is 1. The maximum absolute atomic E-state index is 5.91. The predicted molar refractivity (Wildman–Crippen MR) is 77.5 cm³/mol. The zero-order valence-corrected chi connectivity index (χ0v) is 13.8. The minimum atomic E-state index is -0.132. The van der Waals surface area contributed by atoms with Crippen molar-refractivity contribution in [3.05, 3.63) is 21.0 Å². The summed E-state index contributed by atoms with van der Waals surface area (Å²) in [5.74, 6) is 0.883. The summed E-state index contributed by atoms with van der Waals surface area (Å²) in [6, 6.07) is 2.07. The molecule has 1 unspecified atom stereocenters. The molecule has 1 saturated heterocycles. The summed E-state index contributed by atoms with van der Waals surface area (Å²) < 4.78 is 13.1. The number of hydrogen-bond donors (Lipinski definition) is 1. The summed E-state index contributed by atoms with van der Waals surface area (Å²) in [5.41, 5.74) is 5.78. The summed E-state index contributed by atoms with van der Waals surface area (Å²) in [6.07, 6.45) is 0. The highest BCUT2D eigenvalue weighted by atomic mass is 79.9. The van der Waals surface area contributed by atoms with E-state index >= 15 is 0 Å². The van der Waals surface area contributed by atoms with E-state index in [1.54, 1.807) is 0 Å². The number of rotatable bonds is 3. The molecule has 0 radical (unpaired) electrons. The predicted octanol–water partition coefficient (Wildman–Crippen LogP) is 2.92. The largest absolute Gasteiger partial charge is 0.451 e. The lowest BCUT2D eigenvalue weighted by molar-refractivity contribution is -0.0985. The lowest BCUT2D eigenvalue weighted by atomic mass is 10.0. The van der Waals surface area contributed by atoms with Gasteiger partial charge in [0.25, 0.3) is 0 Å². The van der Waals surface area contributed by atoms with Gasteiger partial charge in [0.15, 0.2) is 4.67 Å². The van der Waals surface area contributed by atoms with Gasteiger partial charge in [-0.05, 0) is 51.8 Å². The Morgan fingerprint density at radius 1 is 1.50 bits per heavy atom. The van der Waals surface area contributed by atoms with Crippen LogP contribution < -0.4 is 5.73 Å². The highest BCUT2D eigenvalue weighted by Crippen LogP contribution is 2.33. The van der Waals surface area contributed by atoms with Gasteiger partial charge in [0.1, 0.15) is 5.76 Å². The molecule has 0 amide bonds. The highest BCUT2D eigenvalue weighted by Gasteiger charge is 2.33. The van der Waals surface area contributed by atoms with Crippen molar-refractivity contribution in [3.8, 4) is 0 Å². The molecular weight excluding hydrogens is 364 g/mol. The first kappa shape index (κ1) is 14.5. The monoisotopic (exact) mass is 380 g/mol. The molecule has 0 aromatic carbocycles. The third kappa shape index (κ3) is 3.17. The van der Waals surface area contributed by atoms with Crippen LogP contribution in [0.3, 0.4) is 0 Å². The van der Waals surface area contributed by atoms with Crippen LogP contribution in [-0.2, 0) is 4.74 Å². The molecule has 4 nitrogen and oxygen atoms in total. The molecule has 0 saturated carbocycles. The van der Waals surface area contributed by atoms with E-state index in [0.29, 0.717) is 11.2 Å². The molecule has 2 N–H and O–H groups in total. The topological polar surface area (TPSA) is 51.6 Å². The first-order valence-electron chi connectivity index (χ1n) is 5.96. The van der Waals surface area contributed by atoms with Crippen molar-refractivity contribution in [2.24, 2.45) is 5.73 Å². The minimum Gasteiger partial charge on any atom is -0.451 e. The van der Waals surface area contributed by atoms with Crippen LogP contribution in [0.4, 0.5) is 0 Å². The van der Waals surface area contributed by atoms with E-state index in [4.69, 9.17) is 14.9 Å². The standard InChI is InChI=1S/C12H18Br2N2O2/c1-12(2)7-16(3-4-17-12)9(6-15)10-5-8(13)11(14)18-10/h5,9H,3-4,6-7,15H2,1-2H3. The normalized spacial score (nSPS) is 22.1. The van der Waals surface area contributed by atoms with Gasteiger partial charge < -0.3 is 14.9 Å². The Balaban J connectivity index is 2.18. The van der Waals surface area contributed by atoms with Crippen molar-refractivity contribution in [2.45, 2.75) is 25.5 Å². The van der Waals surface area contributed by atoms with Gasteiger partial charge in [0, 0.05) is 19.6 Å². The molecule has 102 valence electrons. The van der Waals surface area contributed by atoms with Gasteiger partial charge in [0.05, 0.1) is 22.7 Å². The van der Waals surface area contributed by atoms with Crippen molar-refractivity contribution in [2.75, 3.05) is 26.2 Å². The van der Waals surface area contributed by atoms with Gasteiger partial charge in [0.2, 0.25) is 0 Å². The van der Waals surface area contributed by atoms with E-state index in [-0.39, 0.29) is 11.6 Å². The average molecular weight is 382 g/mol.